The van der Waals surface area contributed by atoms with Gasteiger partial charge in [-0.3, -0.25) is 9.78 Å². The van der Waals surface area contributed by atoms with Crippen molar-refractivity contribution < 1.29 is 19.0 Å². The van der Waals surface area contributed by atoms with E-state index in [0.29, 0.717) is 46.4 Å². The Kier molecular flexibility index (Phi) is 8.36. The first-order chi connectivity index (χ1) is 17.6. The molecule has 11 heteroatoms. The minimum Gasteiger partial charge on any atom is -0.494 e. The number of carbonyl (C=O) groups is 1. The van der Waals surface area contributed by atoms with E-state index in [9.17, 15) is 4.79 Å². The summed E-state index contributed by atoms with van der Waals surface area (Å²) < 4.78 is 16.0. The van der Waals surface area contributed by atoms with Gasteiger partial charge < -0.3 is 29.8 Å². The van der Waals surface area contributed by atoms with Crippen molar-refractivity contribution in [3.63, 3.8) is 0 Å². The van der Waals surface area contributed by atoms with Gasteiger partial charge in [-0.2, -0.15) is 0 Å². The van der Waals surface area contributed by atoms with E-state index in [1.165, 1.54) is 0 Å². The van der Waals surface area contributed by atoms with Gasteiger partial charge in [-0.25, -0.2) is 5.26 Å². The summed E-state index contributed by atoms with van der Waals surface area (Å²) in [6.07, 6.45) is 5.88. The molecule has 186 valence electrons. The van der Waals surface area contributed by atoms with Crippen LogP contribution in [-0.4, -0.2) is 56.6 Å². The number of aromatic amines is 1. The van der Waals surface area contributed by atoms with Gasteiger partial charge in [0.25, 0.3) is 12.6 Å². The van der Waals surface area contributed by atoms with Crippen LogP contribution in [0.3, 0.4) is 0 Å². The smallest absolute Gasteiger partial charge is 0.272 e. The van der Waals surface area contributed by atoms with Crippen molar-refractivity contribution in [2.45, 2.75) is 19.1 Å². The molecular weight excluding hydrogens is 481 g/mol. The molecule has 2 aliphatic heterocycles. The molecular formula is C25H27BClN5O4. The highest BCUT2D eigenvalue weighted by atomic mass is 35.5. The summed E-state index contributed by atoms with van der Waals surface area (Å²) in [5.41, 5.74) is 4.26. The molecule has 2 aromatic heterocycles. The van der Waals surface area contributed by atoms with E-state index in [-0.39, 0.29) is 12.6 Å². The van der Waals surface area contributed by atoms with Crippen molar-refractivity contribution in [1.82, 2.24) is 15.3 Å². The number of hydrogen-bond acceptors (Lipinski definition) is 7. The average Bonchev–Trinajstić information content (AvgIpc) is 3.29. The van der Waals surface area contributed by atoms with Crippen LogP contribution in [0.5, 0.6) is 11.5 Å². The maximum Gasteiger partial charge on any atom is 0.272 e. The van der Waals surface area contributed by atoms with Gasteiger partial charge in [0.15, 0.2) is 5.75 Å². The van der Waals surface area contributed by atoms with Gasteiger partial charge in [0.1, 0.15) is 5.75 Å². The Labute approximate surface area is 215 Å². The lowest BCUT2D eigenvalue weighted by molar-refractivity contribution is 0.0947. The summed E-state index contributed by atoms with van der Waals surface area (Å²) in [6, 6.07) is 7.25. The van der Waals surface area contributed by atoms with Gasteiger partial charge in [0.05, 0.1) is 48.1 Å². The lowest BCUT2D eigenvalue weighted by Crippen LogP contribution is -2.31. The fourth-order valence-corrected chi connectivity index (χ4v) is 4.48. The van der Waals surface area contributed by atoms with Crippen LogP contribution in [0.2, 0.25) is 17.7 Å². The number of nitrogens with one attached hydrogen (secondary N) is 3. The molecule has 0 saturated carbocycles. The van der Waals surface area contributed by atoms with E-state index in [2.05, 4.69) is 26.6 Å². The highest BCUT2D eigenvalue weighted by molar-refractivity contribution is 6.67. The van der Waals surface area contributed by atoms with E-state index in [0.717, 1.165) is 42.8 Å². The number of amides is 1. The van der Waals surface area contributed by atoms with Crippen LogP contribution in [0.25, 0.3) is 11.3 Å². The van der Waals surface area contributed by atoms with Gasteiger partial charge in [-0.1, -0.05) is 17.7 Å². The number of halogens is 1. The Bertz CT molecular complexity index is 1270. The van der Waals surface area contributed by atoms with Crippen molar-refractivity contribution in [2.75, 3.05) is 39.3 Å². The molecule has 0 atom stereocenters. The summed E-state index contributed by atoms with van der Waals surface area (Å²) in [6.45, 7) is 2.40. The number of benzene rings is 1. The van der Waals surface area contributed by atoms with Crippen molar-refractivity contribution >= 4 is 35.6 Å². The maximum absolute atomic E-state index is 12.6. The van der Waals surface area contributed by atoms with Crippen LogP contribution in [0, 0.1) is 11.2 Å². The number of H-pyrrole nitrogens is 1. The number of ether oxygens (including phenoxy) is 3. The third-order valence-corrected chi connectivity index (χ3v) is 6.37. The quantitative estimate of drug-likeness (QED) is 0.439. The van der Waals surface area contributed by atoms with E-state index in [4.69, 9.17) is 31.1 Å². The number of hydrogen-bond donors (Lipinski definition) is 3. The second kappa shape index (κ2) is 11.8. The lowest BCUT2D eigenvalue weighted by Gasteiger charge is -2.17. The van der Waals surface area contributed by atoms with Gasteiger partial charge in [-0.15, -0.1) is 0 Å². The lowest BCUT2D eigenvalue weighted by atomic mass is 9.46. The molecule has 1 aromatic carbocycles. The van der Waals surface area contributed by atoms with Crippen LogP contribution < -0.4 is 20.1 Å². The number of anilines is 2. The fraction of sp³-hybridized carbons (Fsp3) is 0.320. The number of aromatic nitrogens is 2. The molecule has 2 aliphatic rings. The molecule has 1 amide bonds. The Balaban J connectivity index is 0.000000325. The number of pyridine rings is 1. The molecule has 36 heavy (non-hydrogen) atoms. The summed E-state index contributed by atoms with van der Waals surface area (Å²) in [7, 11) is 3.14. The largest absolute Gasteiger partial charge is 0.494 e. The number of fused-ring (bicyclic) bond motifs is 1. The van der Waals surface area contributed by atoms with Gasteiger partial charge in [0.2, 0.25) is 0 Å². The van der Waals surface area contributed by atoms with Crippen LogP contribution in [-0.2, 0) is 11.2 Å². The molecule has 3 N–H and O–H groups in total. The number of methoxy groups -OCH3 is 2. The van der Waals surface area contributed by atoms with Crippen LogP contribution in [0.1, 0.15) is 16.1 Å². The van der Waals surface area contributed by atoms with Crippen LogP contribution in [0.15, 0.2) is 36.7 Å². The summed E-state index contributed by atoms with van der Waals surface area (Å²) in [4.78, 5) is 20.2. The topological polar surface area (TPSA) is 121 Å². The standard InChI is InChI=1S/C20H19ClN4O3.C5H8BNO/c1-27-15-10-22-8-6-11(15)17-18(16-13(24-17)7-9-23-20(16)26)25-14-5-3-4-12(21)19(14)28-2;7-5-6-1-3-8-4-2-6/h3-6,8,10,24-25H,7,9H2,1-2H3,(H,23,26);1-4H2. The van der Waals surface area contributed by atoms with Gasteiger partial charge in [0, 0.05) is 49.6 Å². The number of para-hydroxylation sites is 1. The van der Waals surface area contributed by atoms with Crippen molar-refractivity contribution in [1.29, 1.82) is 5.26 Å². The van der Waals surface area contributed by atoms with E-state index in [1.54, 1.807) is 32.7 Å². The third-order valence-electron chi connectivity index (χ3n) is 6.07. The molecule has 0 aliphatic carbocycles. The Morgan fingerprint density at radius 1 is 1.22 bits per heavy atom. The molecule has 0 unspecified atom stereocenters. The number of nitriles is 1. The molecule has 0 spiro atoms. The Hall–Kier alpha value is -3.68. The second-order valence-electron chi connectivity index (χ2n) is 8.27. The highest BCUT2D eigenvalue weighted by Gasteiger charge is 2.28. The predicted molar refractivity (Wildman–Crippen MR) is 140 cm³/mol. The monoisotopic (exact) mass is 507 g/mol. The van der Waals surface area contributed by atoms with Crippen LogP contribution in [0.4, 0.5) is 11.4 Å². The first-order valence-electron chi connectivity index (χ1n) is 11.7. The van der Waals surface area contributed by atoms with Crippen molar-refractivity contribution in [2.24, 2.45) is 0 Å². The second-order valence-corrected chi connectivity index (χ2v) is 8.68. The zero-order valence-corrected chi connectivity index (χ0v) is 20.9. The minimum atomic E-state index is -0.139. The normalized spacial score (nSPS) is 14.5. The molecule has 0 radical (unpaired) electrons. The van der Waals surface area contributed by atoms with Crippen LogP contribution >= 0.6 is 11.6 Å². The average molecular weight is 508 g/mol. The van der Waals surface area contributed by atoms with Gasteiger partial charge >= 0.3 is 0 Å². The minimum absolute atomic E-state index is 0.139. The number of nitrogens with zero attached hydrogens (tertiary/aromatic N) is 2. The summed E-state index contributed by atoms with van der Waals surface area (Å²) in [5.74, 6) is 3.19. The number of rotatable bonds is 5. The fourth-order valence-electron chi connectivity index (χ4n) is 4.23. The molecule has 3 aromatic rings. The summed E-state index contributed by atoms with van der Waals surface area (Å²) in [5, 5.41) is 15.1. The third kappa shape index (κ3) is 5.43. The molecule has 4 heterocycles. The van der Waals surface area contributed by atoms with Gasteiger partial charge in [-0.05, 0) is 30.8 Å². The molecule has 1 fully saturated rings. The SMILES string of the molecule is COc1cnccc1-c1[nH]c2c(c1Nc1cccc(Cl)c1OC)C(=O)NCC2.N#CB1CCOCC1. The van der Waals surface area contributed by atoms with Crippen molar-refractivity contribution in [3.05, 3.63) is 52.9 Å². The van der Waals surface area contributed by atoms with E-state index in [1.807, 2.05) is 18.2 Å². The summed E-state index contributed by atoms with van der Waals surface area (Å²) >= 11 is 6.27. The Morgan fingerprint density at radius 2 is 2.03 bits per heavy atom. The van der Waals surface area contributed by atoms with E-state index < -0.39 is 0 Å². The molecule has 5 rings (SSSR count). The van der Waals surface area contributed by atoms with E-state index >= 15 is 0 Å². The maximum atomic E-state index is 12.6. The molecule has 0 bridgehead atoms. The highest BCUT2D eigenvalue weighted by Crippen LogP contribution is 2.42. The predicted octanol–water partition coefficient (Wildman–Crippen LogP) is 4.35. The zero-order valence-electron chi connectivity index (χ0n) is 20.2. The Morgan fingerprint density at radius 3 is 2.72 bits per heavy atom. The first-order valence-corrected chi connectivity index (χ1v) is 12.0. The number of carbonyl (C=O) groups excluding carboxylic acids is 1. The molecule has 1 saturated heterocycles. The zero-order chi connectivity index (χ0) is 25.5. The first kappa shape index (κ1) is 25.4. The molecule has 9 nitrogen and oxygen atoms in total. The van der Waals surface area contributed by atoms with Crippen molar-refractivity contribution in [3.8, 4) is 28.7 Å².